The van der Waals surface area contributed by atoms with Crippen molar-refractivity contribution in [2.45, 2.75) is 0 Å². The van der Waals surface area contributed by atoms with Crippen LogP contribution in [0.2, 0.25) is 10.2 Å². The Morgan fingerprint density at radius 2 is 1.94 bits per heavy atom. The molecule has 2 nitrogen and oxygen atoms in total. The molecule has 0 N–H and O–H groups in total. The highest BCUT2D eigenvalue weighted by Gasteiger charge is 2.11. The van der Waals surface area contributed by atoms with Gasteiger partial charge in [0.1, 0.15) is 5.15 Å². The van der Waals surface area contributed by atoms with E-state index in [0.29, 0.717) is 27.0 Å². The Kier molecular flexibility index (Phi) is 3.82. The van der Waals surface area contributed by atoms with Crippen LogP contribution in [0.1, 0.15) is 10.4 Å². The van der Waals surface area contributed by atoms with E-state index in [1.807, 2.05) is 0 Å². The molecule has 0 unspecified atom stereocenters. The lowest BCUT2D eigenvalue weighted by Crippen LogP contribution is -1.92. The third kappa shape index (κ3) is 2.68. The Bertz CT molecular complexity index is 587. The number of aldehydes is 1. The standard InChI is InChI=1S/C12H6BrCl2NO/c13-10-3-4-11(15)16-12(10)9-5-8(14)2-1-7(9)6-17/h1-6H. The first-order valence-corrected chi connectivity index (χ1v) is 6.24. The summed E-state index contributed by atoms with van der Waals surface area (Å²) in [6.07, 6.45) is 0.765. The first-order chi connectivity index (χ1) is 8.11. The maximum atomic E-state index is 11.0. The molecule has 0 spiro atoms. The van der Waals surface area contributed by atoms with Gasteiger partial charge in [0.15, 0.2) is 6.29 Å². The van der Waals surface area contributed by atoms with Gasteiger partial charge in [0, 0.05) is 20.6 Å². The lowest BCUT2D eigenvalue weighted by molar-refractivity contribution is 0.112. The van der Waals surface area contributed by atoms with Crippen molar-refractivity contribution in [1.29, 1.82) is 0 Å². The summed E-state index contributed by atoms with van der Waals surface area (Å²) in [7, 11) is 0. The first-order valence-electron chi connectivity index (χ1n) is 4.69. The summed E-state index contributed by atoms with van der Waals surface area (Å²) >= 11 is 15.1. The topological polar surface area (TPSA) is 30.0 Å². The zero-order chi connectivity index (χ0) is 12.4. The molecule has 2 aromatic rings. The molecule has 0 aliphatic carbocycles. The van der Waals surface area contributed by atoms with Gasteiger partial charge in [0.25, 0.3) is 0 Å². The molecule has 0 radical (unpaired) electrons. The molecule has 86 valence electrons. The molecule has 0 amide bonds. The van der Waals surface area contributed by atoms with Gasteiger partial charge in [-0.15, -0.1) is 0 Å². The largest absolute Gasteiger partial charge is 0.298 e. The van der Waals surface area contributed by atoms with E-state index in [-0.39, 0.29) is 0 Å². The van der Waals surface area contributed by atoms with Crippen LogP contribution in [-0.2, 0) is 0 Å². The highest BCUT2D eigenvalue weighted by molar-refractivity contribution is 9.10. The number of rotatable bonds is 2. The predicted octanol–water partition coefficient (Wildman–Crippen LogP) is 4.63. The fourth-order valence-corrected chi connectivity index (χ4v) is 2.20. The molecule has 0 fully saturated rings. The molecule has 0 aliphatic rings. The Morgan fingerprint density at radius 3 is 2.65 bits per heavy atom. The van der Waals surface area contributed by atoms with E-state index in [1.165, 1.54) is 0 Å². The van der Waals surface area contributed by atoms with Gasteiger partial charge >= 0.3 is 0 Å². The average molecular weight is 331 g/mol. The lowest BCUT2D eigenvalue weighted by atomic mass is 10.1. The lowest BCUT2D eigenvalue weighted by Gasteiger charge is -2.07. The summed E-state index contributed by atoms with van der Waals surface area (Å²) in [6.45, 7) is 0. The highest BCUT2D eigenvalue weighted by atomic mass is 79.9. The highest BCUT2D eigenvalue weighted by Crippen LogP contribution is 2.31. The van der Waals surface area contributed by atoms with Crippen LogP contribution in [0.4, 0.5) is 0 Å². The van der Waals surface area contributed by atoms with E-state index in [0.717, 1.165) is 10.8 Å². The van der Waals surface area contributed by atoms with Crippen LogP contribution in [-0.4, -0.2) is 11.3 Å². The van der Waals surface area contributed by atoms with Crippen LogP contribution in [0.3, 0.4) is 0 Å². The van der Waals surface area contributed by atoms with Crippen molar-refractivity contribution in [3.05, 3.63) is 50.5 Å². The number of carbonyl (C=O) groups excluding carboxylic acids is 1. The van der Waals surface area contributed by atoms with Crippen LogP contribution in [0.5, 0.6) is 0 Å². The number of hydrogen-bond acceptors (Lipinski definition) is 2. The number of hydrogen-bond donors (Lipinski definition) is 0. The Hall–Kier alpha value is -0.900. The third-order valence-electron chi connectivity index (χ3n) is 2.21. The summed E-state index contributed by atoms with van der Waals surface area (Å²) in [5.74, 6) is 0. The van der Waals surface area contributed by atoms with Gasteiger partial charge in [-0.2, -0.15) is 0 Å². The van der Waals surface area contributed by atoms with Gasteiger partial charge in [-0.25, -0.2) is 4.98 Å². The van der Waals surface area contributed by atoms with Crippen molar-refractivity contribution in [2.24, 2.45) is 0 Å². The summed E-state index contributed by atoms with van der Waals surface area (Å²) in [5.41, 5.74) is 1.77. The Balaban J connectivity index is 2.70. The van der Waals surface area contributed by atoms with Crippen molar-refractivity contribution in [3.8, 4) is 11.3 Å². The SMILES string of the molecule is O=Cc1ccc(Cl)cc1-c1nc(Cl)ccc1Br. The van der Waals surface area contributed by atoms with Crippen molar-refractivity contribution in [3.63, 3.8) is 0 Å². The van der Waals surface area contributed by atoms with Crippen molar-refractivity contribution < 1.29 is 4.79 Å². The van der Waals surface area contributed by atoms with Crippen LogP contribution in [0, 0.1) is 0 Å². The maximum absolute atomic E-state index is 11.0. The second-order valence-corrected chi connectivity index (χ2v) is 4.99. The molecule has 0 saturated carbocycles. The molecule has 0 saturated heterocycles. The molecule has 17 heavy (non-hydrogen) atoms. The van der Waals surface area contributed by atoms with Crippen LogP contribution in [0.25, 0.3) is 11.3 Å². The van der Waals surface area contributed by atoms with Gasteiger partial charge in [0.2, 0.25) is 0 Å². The Labute approximate surface area is 117 Å². The van der Waals surface area contributed by atoms with Crippen LogP contribution >= 0.6 is 39.1 Å². The van der Waals surface area contributed by atoms with Gasteiger partial charge < -0.3 is 0 Å². The van der Waals surface area contributed by atoms with E-state index >= 15 is 0 Å². The number of halogens is 3. The van der Waals surface area contributed by atoms with Gasteiger partial charge in [-0.3, -0.25) is 4.79 Å². The van der Waals surface area contributed by atoms with E-state index in [4.69, 9.17) is 23.2 Å². The van der Waals surface area contributed by atoms with Gasteiger partial charge in [-0.1, -0.05) is 23.2 Å². The van der Waals surface area contributed by atoms with Crippen molar-refractivity contribution >= 4 is 45.4 Å². The smallest absolute Gasteiger partial charge is 0.150 e. The second kappa shape index (κ2) is 5.17. The van der Waals surface area contributed by atoms with Crippen LogP contribution < -0.4 is 0 Å². The number of pyridine rings is 1. The molecule has 0 aliphatic heterocycles. The third-order valence-corrected chi connectivity index (χ3v) is 3.29. The summed E-state index contributed by atoms with van der Waals surface area (Å²) in [6, 6.07) is 8.45. The molecule has 0 atom stereocenters. The summed E-state index contributed by atoms with van der Waals surface area (Å²) < 4.78 is 0.757. The normalized spacial score (nSPS) is 10.3. The zero-order valence-corrected chi connectivity index (χ0v) is 11.6. The van der Waals surface area contributed by atoms with E-state index in [1.54, 1.807) is 30.3 Å². The monoisotopic (exact) mass is 329 g/mol. The van der Waals surface area contributed by atoms with Crippen LogP contribution in [0.15, 0.2) is 34.8 Å². The predicted molar refractivity (Wildman–Crippen MR) is 72.8 cm³/mol. The molecule has 1 aromatic heterocycles. The maximum Gasteiger partial charge on any atom is 0.150 e. The molecule has 1 aromatic carbocycles. The second-order valence-electron chi connectivity index (χ2n) is 3.31. The minimum Gasteiger partial charge on any atom is -0.298 e. The fraction of sp³-hybridized carbons (Fsp3) is 0. The minimum absolute atomic E-state index is 0.361. The number of aromatic nitrogens is 1. The molecule has 5 heteroatoms. The Morgan fingerprint density at radius 1 is 1.18 bits per heavy atom. The number of nitrogens with zero attached hydrogens (tertiary/aromatic N) is 1. The number of benzene rings is 1. The van der Waals surface area contributed by atoms with Gasteiger partial charge in [-0.05, 0) is 46.3 Å². The van der Waals surface area contributed by atoms with E-state index < -0.39 is 0 Å². The average Bonchev–Trinajstić information content (AvgIpc) is 2.32. The quantitative estimate of drug-likeness (QED) is 0.593. The van der Waals surface area contributed by atoms with Gasteiger partial charge in [0.05, 0.1) is 5.69 Å². The van der Waals surface area contributed by atoms with E-state index in [2.05, 4.69) is 20.9 Å². The summed E-state index contributed by atoms with van der Waals surface area (Å²) in [4.78, 5) is 15.2. The molecule has 0 bridgehead atoms. The summed E-state index contributed by atoms with van der Waals surface area (Å²) in [5, 5.41) is 0.902. The zero-order valence-electron chi connectivity index (χ0n) is 8.45. The first kappa shape index (κ1) is 12.6. The van der Waals surface area contributed by atoms with Crippen molar-refractivity contribution in [2.75, 3.05) is 0 Å². The fourth-order valence-electron chi connectivity index (χ4n) is 1.44. The number of carbonyl (C=O) groups is 1. The minimum atomic E-state index is 0.361. The molecular formula is C12H6BrCl2NO. The van der Waals surface area contributed by atoms with E-state index in [9.17, 15) is 4.79 Å². The molecule has 1 heterocycles. The van der Waals surface area contributed by atoms with Crippen molar-refractivity contribution in [1.82, 2.24) is 4.98 Å². The molecular weight excluding hydrogens is 325 g/mol. The molecule has 2 rings (SSSR count).